The van der Waals surface area contributed by atoms with Gasteiger partial charge < -0.3 is 0 Å². The number of hydrogen-bond donors (Lipinski definition) is 0. The van der Waals surface area contributed by atoms with E-state index >= 15 is 0 Å². The highest BCUT2D eigenvalue weighted by Crippen LogP contribution is 2.15. The normalized spacial score (nSPS) is 11.6. The monoisotopic (exact) mass is 310 g/mol. The van der Waals surface area contributed by atoms with E-state index in [1.165, 1.54) is 16.7 Å². The largest absolute Gasteiger partial charge is 0.274 e. The second kappa shape index (κ2) is 5.65. The Balaban J connectivity index is 2.14. The summed E-state index contributed by atoms with van der Waals surface area (Å²) in [5.74, 6) is 1.47. The first kappa shape index (κ1) is 15.5. The zero-order valence-electron chi connectivity index (χ0n) is 14.3. The van der Waals surface area contributed by atoms with Gasteiger partial charge >= 0.3 is 0 Å². The second-order valence-electron chi connectivity index (χ2n) is 6.43. The fourth-order valence-electron chi connectivity index (χ4n) is 2.79. The Morgan fingerprint density at radius 1 is 1.09 bits per heavy atom. The van der Waals surface area contributed by atoms with Crippen molar-refractivity contribution in [3.63, 3.8) is 0 Å². The summed E-state index contributed by atoms with van der Waals surface area (Å²) in [7, 11) is 0. The maximum absolute atomic E-state index is 12.5. The Kier molecular flexibility index (Phi) is 3.80. The summed E-state index contributed by atoms with van der Waals surface area (Å²) in [5, 5.41) is 0. The molecule has 120 valence electrons. The van der Waals surface area contributed by atoms with Crippen LogP contribution in [0.15, 0.2) is 29.1 Å². The molecule has 0 fully saturated rings. The van der Waals surface area contributed by atoms with Crippen LogP contribution in [0.3, 0.4) is 0 Å². The van der Waals surface area contributed by atoms with Crippen LogP contribution in [0, 0.1) is 20.8 Å². The lowest BCUT2D eigenvalue weighted by atomic mass is 10.1. The SMILES string of the molecule is Cc1ccc(Cn2c(C)nc3nc(C(C)C)cc(=O)n32)c(C)c1. The molecule has 0 spiro atoms. The summed E-state index contributed by atoms with van der Waals surface area (Å²) < 4.78 is 3.47. The van der Waals surface area contributed by atoms with E-state index in [1.54, 1.807) is 10.6 Å². The van der Waals surface area contributed by atoms with Crippen molar-refractivity contribution in [2.75, 3.05) is 0 Å². The van der Waals surface area contributed by atoms with Gasteiger partial charge in [-0.3, -0.25) is 9.48 Å². The molecule has 0 saturated heterocycles. The first-order valence-electron chi connectivity index (χ1n) is 7.90. The van der Waals surface area contributed by atoms with Gasteiger partial charge in [-0.25, -0.2) is 4.98 Å². The van der Waals surface area contributed by atoms with Gasteiger partial charge in [-0.15, -0.1) is 0 Å². The van der Waals surface area contributed by atoms with Gasteiger partial charge in [0, 0.05) is 6.07 Å². The molecule has 3 aromatic rings. The molecule has 0 aliphatic rings. The van der Waals surface area contributed by atoms with Gasteiger partial charge in [0.15, 0.2) is 0 Å². The van der Waals surface area contributed by atoms with Crippen molar-refractivity contribution in [1.82, 2.24) is 19.2 Å². The van der Waals surface area contributed by atoms with Crippen LogP contribution in [0.4, 0.5) is 0 Å². The molecule has 0 atom stereocenters. The quantitative estimate of drug-likeness (QED) is 0.747. The Morgan fingerprint density at radius 2 is 1.83 bits per heavy atom. The molecular weight excluding hydrogens is 288 g/mol. The first-order valence-corrected chi connectivity index (χ1v) is 7.90. The summed E-state index contributed by atoms with van der Waals surface area (Å²) in [6, 6.07) is 7.96. The van der Waals surface area contributed by atoms with Crippen molar-refractivity contribution >= 4 is 5.78 Å². The maximum Gasteiger partial charge on any atom is 0.274 e. The van der Waals surface area contributed by atoms with Crippen LogP contribution in [0.25, 0.3) is 5.78 Å². The Labute approximate surface area is 135 Å². The fraction of sp³-hybridized carbons (Fsp3) is 0.389. The van der Waals surface area contributed by atoms with E-state index < -0.39 is 0 Å². The summed E-state index contributed by atoms with van der Waals surface area (Å²) in [4.78, 5) is 21.5. The van der Waals surface area contributed by atoms with E-state index in [4.69, 9.17) is 0 Å². The highest BCUT2D eigenvalue weighted by Gasteiger charge is 2.14. The van der Waals surface area contributed by atoms with Crippen molar-refractivity contribution < 1.29 is 0 Å². The van der Waals surface area contributed by atoms with E-state index in [9.17, 15) is 4.79 Å². The lowest BCUT2D eigenvalue weighted by Crippen LogP contribution is -2.23. The fourth-order valence-corrected chi connectivity index (χ4v) is 2.79. The third kappa shape index (κ3) is 2.79. The molecule has 0 amide bonds. The summed E-state index contributed by atoms with van der Waals surface area (Å²) in [5.41, 5.74) is 4.33. The minimum atomic E-state index is -0.0796. The van der Waals surface area contributed by atoms with Gasteiger partial charge in [-0.1, -0.05) is 37.6 Å². The number of fused-ring (bicyclic) bond motifs is 1. The molecular formula is C18H22N4O. The lowest BCUT2D eigenvalue weighted by molar-refractivity contribution is 0.596. The number of nitrogens with zero attached hydrogens (tertiary/aromatic N) is 4. The maximum atomic E-state index is 12.5. The lowest BCUT2D eigenvalue weighted by Gasteiger charge is -2.11. The second-order valence-corrected chi connectivity index (χ2v) is 6.43. The van der Waals surface area contributed by atoms with E-state index in [-0.39, 0.29) is 11.5 Å². The third-order valence-corrected chi connectivity index (χ3v) is 4.19. The molecule has 0 aliphatic heterocycles. The standard InChI is InChI=1S/C18H22N4O/c1-11(2)16-9-17(23)22-18(20-16)19-14(5)21(22)10-15-7-6-12(3)8-13(15)4/h6-9,11H,10H2,1-5H3. The Morgan fingerprint density at radius 3 is 2.48 bits per heavy atom. The van der Waals surface area contributed by atoms with Crippen LogP contribution in [0.2, 0.25) is 0 Å². The molecule has 0 radical (unpaired) electrons. The molecule has 0 aliphatic carbocycles. The average Bonchev–Trinajstić information content (AvgIpc) is 2.78. The van der Waals surface area contributed by atoms with Crippen molar-refractivity contribution in [2.24, 2.45) is 0 Å². The zero-order valence-corrected chi connectivity index (χ0v) is 14.3. The molecule has 2 aromatic heterocycles. The van der Waals surface area contributed by atoms with Crippen LogP contribution in [0.5, 0.6) is 0 Å². The molecule has 2 heterocycles. The molecule has 0 saturated carbocycles. The molecule has 5 nitrogen and oxygen atoms in total. The van der Waals surface area contributed by atoms with Gasteiger partial charge in [0.1, 0.15) is 5.82 Å². The Hall–Kier alpha value is -2.43. The van der Waals surface area contributed by atoms with Crippen LogP contribution < -0.4 is 5.56 Å². The topological polar surface area (TPSA) is 52.2 Å². The van der Waals surface area contributed by atoms with Crippen LogP contribution in [0.1, 0.15) is 48.0 Å². The summed E-state index contributed by atoms with van der Waals surface area (Å²) >= 11 is 0. The van der Waals surface area contributed by atoms with Crippen molar-refractivity contribution in [3.8, 4) is 0 Å². The first-order chi connectivity index (χ1) is 10.9. The molecule has 0 unspecified atom stereocenters. The third-order valence-electron chi connectivity index (χ3n) is 4.19. The van der Waals surface area contributed by atoms with Gasteiger partial charge in [-0.05, 0) is 37.8 Å². The van der Waals surface area contributed by atoms with E-state index in [2.05, 4.69) is 42.0 Å². The molecule has 0 bridgehead atoms. The van der Waals surface area contributed by atoms with Crippen LogP contribution >= 0.6 is 0 Å². The number of aryl methyl sites for hydroxylation is 3. The molecule has 1 aromatic carbocycles. The molecule has 23 heavy (non-hydrogen) atoms. The number of benzene rings is 1. The van der Waals surface area contributed by atoms with Crippen molar-refractivity contribution in [2.45, 2.75) is 47.1 Å². The predicted molar refractivity (Wildman–Crippen MR) is 91.1 cm³/mol. The predicted octanol–water partition coefficient (Wildman–Crippen LogP) is 2.99. The summed E-state index contributed by atoms with van der Waals surface area (Å²) in [6.07, 6.45) is 0. The molecule has 3 rings (SSSR count). The van der Waals surface area contributed by atoms with Crippen molar-refractivity contribution in [1.29, 1.82) is 0 Å². The number of aromatic nitrogens is 4. The van der Waals surface area contributed by atoms with E-state index in [1.807, 2.05) is 25.5 Å². The van der Waals surface area contributed by atoms with Gasteiger partial charge in [0.05, 0.1) is 12.2 Å². The highest BCUT2D eigenvalue weighted by molar-refractivity contribution is 5.33. The summed E-state index contributed by atoms with van der Waals surface area (Å²) in [6.45, 7) is 10.7. The molecule has 5 heteroatoms. The van der Waals surface area contributed by atoms with Gasteiger partial charge in [-0.2, -0.15) is 9.50 Å². The highest BCUT2D eigenvalue weighted by atomic mass is 16.1. The average molecular weight is 310 g/mol. The van der Waals surface area contributed by atoms with Gasteiger partial charge in [0.25, 0.3) is 11.3 Å². The van der Waals surface area contributed by atoms with Gasteiger partial charge in [0.2, 0.25) is 0 Å². The van der Waals surface area contributed by atoms with Crippen molar-refractivity contribution in [3.05, 3.63) is 62.8 Å². The number of rotatable bonds is 3. The minimum absolute atomic E-state index is 0.0796. The van der Waals surface area contributed by atoms with E-state index in [0.717, 1.165) is 11.5 Å². The van der Waals surface area contributed by atoms with E-state index in [0.29, 0.717) is 12.3 Å². The minimum Gasteiger partial charge on any atom is -0.267 e. The van der Waals surface area contributed by atoms with Crippen LogP contribution in [-0.2, 0) is 6.54 Å². The Bertz CT molecular complexity index is 934. The van der Waals surface area contributed by atoms with Crippen LogP contribution in [-0.4, -0.2) is 19.2 Å². The number of hydrogen-bond acceptors (Lipinski definition) is 3. The smallest absolute Gasteiger partial charge is 0.267 e. The zero-order chi connectivity index (χ0) is 16.7. The molecule has 0 N–H and O–H groups in total.